The van der Waals surface area contributed by atoms with Gasteiger partial charge in [0.2, 0.25) is 0 Å². The number of carbonyl (C=O) groups is 1. The number of hydrogen-bond donors (Lipinski definition) is 0. The fourth-order valence-corrected chi connectivity index (χ4v) is 3.54. The molecule has 4 rings (SSSR count). The molecule has 0 heterocycles. The molecule has 0 fully saturated rings. The summed E-state index contributed by atoms with van der Waals surface area (Å²) in [7, 11) is 4.82. The van der Waals surface area contributed by atoms with Crippen LogP contribution in [0.4, 0.5) is 11.4 Å². The van der Waals surface area contributed by atoms with Crippen molar-refractivity contribution in [2.45, 2.75) is 0 Å². The Morgan fingerprint density at radius 3 is 1.60 bits per heavy atom. The number of hydrogen-bond acceptors (Lipinski definition) is 5. The van der Waals surface area contributed by atoms with Crippen molar-refractivity contribution in [2.75, 3.05) is 26.2 Å². The first kappa shape index (κ1) is 23.6. The van der Waals surface area contributed by atoms with Gasteiger partial charge in [-0.05, 0) is 72.8 Å². The standard InChI is InChI=1S/C29H26N2O4/c1-33-25-15-9-22(10-16-25)29(32)31(24-13-19-27(35-3)20-14-24)28(21-7-5-4-6-8-21)30-23-11-17-26(34-2)18-12-23/h4-20H,1-3H3. The number of methoxy groups -OCH3 is 3. The van der Waals surface area contributed by atoms with Crippen LogP contribution in [0.15, 0.2) is 108 Å². The second-order valence-electron chi connectivity index (χ2n) is 7.57. The third kappa shape index (κ3) is 5.50. The lowest BCUT2D eigenvalue weighted by Crippen LogP contribution is -2.37. The van der Waals surface area contributed by atoms with Crippen molar-refractivity contribution in [1.82, 2.24) is 0 Å². The van der Waals surface area contributed by atoms with E-state index in [1.807, 2.05) is 78.9 Å². The van der Waals surface area contributed by atoms with Crippen LogP contribution in [0.25, 0.3) is 0 Å². The molecule has 0 unspecified atom stereocenters. The molecule has 0 aliphatic rings. The molecule has 0 radical (unpaired) electrons. The maximum atomic E-state index is 14.0. The lowest BCUT2D eigenvalue weighted by Gasteiger charge is -2.25. The Bertz CT molecular complexity index is 1280. The van der Waals surface area contributed by atoms with Gasteiger partial charge in [-0.25, -0.2) is 4.99 Å². The normalized spacial score (nSPS) is 11.0. The van der Waals surface area contributed by atoms with Gasteiger partial charge in [-0.3, -0.25) is 9.69 Å². The van der Waals surface area contributed by atoms with Crippen molar-refractivity contribution in [1.29, 1.82) is 0 Å². The van der Waals surface area contributed by atoms with E-state index in [0.29, 0.717) is 34.3 Å². The summed E-state index contributed by atoms with van der Waals surface area (Å²) in [6.07, 6.45) is 0. The summed E-state index contributed by atoms with van der Waals surface area (Å²) >= 11 is 0. The third-order valence-corrected chi connectivity index (χ3v) is 5.42. The van der Waals surface area contributed by atoms with E-state index in [9.17, 15) is 4.79 Å². The summed E-state index contributed by atoms with van der Waals surface area (Å²) in [5, 5.41) is 0. The quantitative estimate of drug-likeness (QED) is 0.243. The van der Waals surface area contributed by atoms with E-state index in [2.05, 4.69) is 0 Å². The topological polar surface area (TPSA) is 60.4 Å². The van der Waals surface area contributed by atoms with Crippen LogP contribution in [0.2, 0.25) is 0 Å². The molecule has 176 valence electrons. The molecule has 0 bridgehead atoms. The maximum Gasteiger partial charge on any atom is 0.264 e. The number of rotatable bonds is 7. The van der Waals surface area contributed by atoms with Crippen LogP contribution in [0.3, 0.4) is 0 Å². The zero-order valence-corrected chi connectivity index (χ0v) is 19.8. The van der Waals surface area contributed by atoms with Gasteiger partial charge in [0.25, 0.3) is 5.91 Å². The Hall–Kier alpha value is -4.58. The molecular weight excluding hydrogens is 440 g/mol. The highest BCUT2D eigenvalue weighted by atomic mass is 16.5. The lowest BCUT2D eigenvalue weighted by molar-refractivity contribution is 0.100. The maximum absolute atomic E-state index is 14.0. The monoisotopic (exact) mass is 466 g/mol. The Labute approximate surface area is 205 Å². The average molecular weight is 467 g/mol. The van der Waals surface area contributed by atoms with E-state index < -0.39 is 0 Å². The molecule has 35 heavy (non-hydrogen) atoms. The molecule has 1 amide bonds. The average Bonchev–Trinajstić information content (AvgIpc) is 2.93. The molecule has 4 aromatic carbocycles. The van der Waals surface area contributed by atoms with Crippen molar-refractivity contribution in [3.8, 4) is 17.2 Å². The Morgan fingerprint density at radius 2 is 1.09 bits per heavy atom. The minimum Gasteiger partial charge on any atom is -0.497 e. The number of ether oxygens (including phenoxy) is 3. The minimum absolute atomic E-state index is 0.228. The number of aliphatic imine (C=N–C) groups is 1. The molecule has 0 aromatic heterocycles. The third-order valence-electron chi connectivity index (χ3n) is 5.42. The van der Waals surface area contributed by atoms with Crippen molar-refractivity contribution >= 4 is 23.1 Å². The van der Waals surface area contributed by atoms with Gasteiger partial charge in [0.15, 0.2) is 0 Å². The Kier molecular flexibility index (Phi) is 7.43. The number of amides is 1. The van der Waals surface area contributed by atoms with E-state index >= 15 is 0 Å². The minimum atomic E-state index is -0.228. The number of anilines is 1. The van der Waals surface area contributed by atoms with Gasteiger partial charge in [-0.15, -0.1) is 0 Å². The van der Waals surface area contributed by atoms with Crippen LogP contribution < -0.4 is 19.1 Å². The molecular formula is C29H26N2O4. The summed E-state index contributed by atoms with van der Waals surface area (Å²) in [6.45, 7) is 0. The van der Waals surface area contributed by atoms with Gasteiger partial charge in [-0.1, -0.05) is 30.3 Å². The van der Waals surface area contributed by atoms with Gasteiger partial charge < -0.3 is 14.2 Å². The van der Waals surface area contributed by atoms with Crippen molar-refractivity contribution in [3.05, 3.63) is 114 Å². The molecule has 6 nitrogen and oxygen atoms in total. The fourth-order valence-electron chi connectivity index (χ4n) is 3.54. The fraction of sp³-hybridized carbons (Fsp3) is 0.103. The van der Waals surface area contributed by atoms with E-state index in [-0.39, 0.29) is 5.91 Å². The van der Waals surface area contributed by atoms with Crippen LogP contribution in [-0.4, -0.2) is 33.1 Å². The van der Waals surface area contributed by atoms with Crippen LogP contribution in [0.5, 0.6) is 17.2 Å². The van der Waals surface area contributed by atoms with Gasteiger partial charge in [0, 0.05) is 11.1 Å². The zero-order chi connectivity index (χ0) is 24.6. The van der Waals surface area contributed by atoms with Crippen LogP contribution in [0.1, 0.15) is 15.9 Å². The van der Waals surface area contributed by atoms with Gasteiger partial charge in [0.1, 0.15) is 23.1 Å². The highest BCUT2D eigenvalue weighted by Gasteiger charge is 2.25. The van der Waals surface area contributed by atoms with E-state index in [1.165, 1.54) is 0 Å². The van der Waals surface area contributed by atoms with Gasteiger partial charge in [0.05, 0.1) is 32.7 Å². The molecule has 0 spiro atoms. The Morgan fingerprint density at radius 1 is 0.600 bits per heavy atom. The van der Waals surface area contributed by atoms with Crippen LogP contribution in [-0.2, 0) is 0 Å². The molecule has 0 saturated heterocycles. The first-order valence-corrected chi connectivity index (χ1v) is 11.0. The largest absolute Gasteiger partial charge is 0.497 e. The summed E-state index contributed by atoms with van der Waals surface area (Å²) in [5.74, 6) is 2.36. The second kappa shape index (κ2) is 11.0. The summed E-state index contributed by atoms with van der Waals surface area (Å²) in [5.41, 5.74) is 2.63. The van der Waals surface area contributed by atoms with Crippen molar-refractivity contribution < 1.29 is 19.0 Å². The van der Waals surface area contributed by atoms with E-state index in [4.69, 9.17) is 19.2 Å². The lowest BCUT2D eigenvalue weighted by atomic mass is 10.1. The molecule has 0 aliphatic carbocycles. The number of amidine groups is 1. The first-order valence-electron chi connectivity index (χ1n) is 11.0. The smallest absolute Gasteiger partial charge is 0.264 e. The number of carbonyl (C=O) groups excluding carboxylic acids is 1. The summed E-state index contributed by atoms with van der Waals surface area (Å²) in [6, 6.07) is 31.3. The molecule has 0 N–H and O–H groups in total. The highest BCUT2D eigenvalue weighted by molar-refractivity contribution is 6.28. The zero-order valence-electron chi connectivity index (χ0n) is 19.8. The number of nitrogens with zero attached hydrogens (tertiary/aromatic N) is 2. The van der Waals surface area contributed by atoms with Crippen LogP contribution in [0, 0.1) is 0 Å². The number of benzene rings is 4. The van der Waals surface area contributed by atoms with Crippen molar-refractivity contribution in [3.63, 3.8) is 0 Å². The van der Waals surface area contributed by atoms with E-state index in [1.54, 1.807) is 50.5 Å². The van der Waals surface area contributed by atoms with E-state index in [0.717, 1.165) is 11.3 Å². The van der Waals surface area contributed by atoms with Gasteiger partial charge in [-0.2, -0.15) is 0 Å². The Balaban J connectivity index is 1.88. The predicted molar refractivity (Wildman–Crippen MR) is 138 cm³/mol. The SMILES string of the molecule is COc1ccc(N=C(c2ccccc2)N(C(=O)c2ccc(OC)cc2)c2ccc(OC)cc2)cc1. The second-order valence-corrected chi connectivity index (χ2v) is 7.57. The predicted octanol–water partition coefficient (Wildman–Crippen LogP) is 6.14. The highest BCUT2D eigenvalue weighted by Crippen LogP contribution is 2.27. The summed E-state index contributed by atoms with van der Waals surface area (Å²) < 4.78 is 15.9. The van der Waals surface area contributed by atoms with Crippen LogP contribution >= 0.6 is 0 Å². The first-order chi connectivity index (χ1) is 17.1. The molecule has 6 heteroatoms. The molecule has 4 aromatic rings. The molecule has 0 atom stereocenters. The van der Waals surface area contributed by atoms with Crippen molar-refractivity contribution in [2.24, 2.45) is 4.99 Å². The van der Waals surface area contributed by atoms with Gasteiger partial charge >= 0.3 is 0 Å². The summed E-state index contributed by atoms with van der Waals surface area (Å²) in [4.78, 5) is 20.5. The molecule has 0 aliphatic heterocycles. The molecule has 0 saturated carbocycles.